The number of benzene rings is 1. The van der Waals surface area contributed by atoms with Crippen LogP contribution in [0.5, 0.6) is 11.5 Å². The summed E-state index contributed by atoms with van der Waals surface area (Å²) in [5.74, 6) is -5.75. The van der Waals surface area contributed by atoms with Crippen LogP contribution in [0.15, 0.2) is 0 Å². The molecule has 0 fully saturated rings. The summed E-state index contributed by atoms with van der Waals surface area (Å²) >= 11 is 0. The maximum absolute atomic E-state index is 13.0. The highest BCUT2D eigenvalue weighted by atomic mass is 19.2. The van der Waals surface area contributed by atoms with E-state index in [2.05, 4.69) is 9.47 Å². The third-order valence-corrected chi connectivity index (χ3v) is 1.68. The van der Waals surface area contributed by atoms with E-state index in [1.807, 2.05) is 0 Å². The zero-order valence-electron chi connectivity index (χ0n) is 7.53. The predicted octanol–water partition coefficient (Wildman–Crippen LogP) is 0.915. The van der Waals surface area contributed by atoms with Crippen molar-refractivity contribution in [3.63, 3.8) is 0 Å². The van der Waals surface area contributed by atoms with Gasteiger partial charge in [-0.1, -0.05) is 0 Å². The second-order valence-electron chi connectivity index (χ2n) is 2.42. The lowest BCUT2D eigenvalue weighted by Gasteiger charge is -2.12. The molecule has 1 aromatic rings. The van der Waals surface area contributed by atoms with Crippen LogP contribution in [0, 0.1) is 17.5 Å². The number of hydrogen-bond donors (Lipinski definition) is 0. The van der Waals surface area contributed by atoms with Crippen LogP contribution in [0.25, 0.3) is 0 Å². The fraction of sp³-hybridized carbons (Fsp3) is 0.250. The van der Waals surface area contributed by atoms with Gasteiger partial charge in [-0.05, 0) is 5.46 Å². The van der Waals surface area contributed by atoms with Gasteiger partial charge >= 0.3 is 0 Å². The maximum Gasteiger partial charge on any atom is 0.203 e. The van der Waals surface area contributed by atoms with Crippen LogP contribution in [-0.4, -0.2) is 22.1 Å². The standard InChI is InChI=1S/C8H6BF3O2/c1-13-7-3(9)8(14-2)6(12)4(10)5(7)11/h1-2H3. The average Bonchev–Trinajstić information content (AvgIpc) is 2.16. The van der Waals surface area contributed by atoms with E-state index in [9.17, 15) is 13.2 Å². The molecule has 0 spiro atoms. The Morgan fingerprint density at radius 1 is 0.857 bits per heavy atom. The van der Waals surface area contributed by atoms with Crippen molar-refractivity contribution in [2.45, 2.75) is 0 Å². The van der Waals surface area contributed by atoms with Crippen molar-refractivity contribution in [1.29, 1.82) is 0 Å². The van der Waals surface area contributed by atoms with E-state index >= 15 is 0 Å². The molecule has 0 aliphatic carbocycles. The molecule has 0 amide bonds. The molecule has 2 nitrogen and oxygen atoms in total. The smallest absolute Gasteiger partial charge is 0.203 e. The summed E-state index contributed by atoms with van der Waals surface area (Å²) in [6.45, 7) is 0. The lowest BCUT2D eigenvalue weighted by atomic mass is 9.93. The molecule has 0 aromatic heterocycles. The number of halogens is 3. The Morgan fingerprint density at radius 3 is 1.50 bits per heavy atom. The summed E-state index contributed by atoms with van der Waals surface area (Å²) in [6, 6.07) is 0. The Kier molecular flexibility index (Phi) is 2.93. The Labute approximate surface area is 80.0 Å². The van der Waals surface area contributed by atoms with Crippen molar-refractivity contribution in [2.24, 2.45) is 0 Å². The zero-order chi connectivity index (χ0) is 10.9. The first kappa shape index (κ1) is 10.8. The SMILES string of the molecule is [B]c1c(OC)c(F)c(F)c(F)c1OC. The highest BCUT2D eigenvalue weighted by Gasteiger charge is 2.23. The molecule has 0 atom stereocenters. The Morgan fingerprint density at radius 2 is 1.21 bits per heavy atom. The third kappa shape index (κ3) is 1.40. The summed E-state index contributed by atoms with van der Waals surface area (Å²) in [5, 5.41) is 0. The Hall–Kier alpha value is -1.33. The number of methoxy groups -OCH3 is 2. The molecule has 0 heterocycles. The molecule has 1 rings (SSSR count). The molecule has 0 N–H and O–H groups in total. The monoisotopic (exact) mass is 202 g/mol. The van der Waals surface area contributed by atoms with Gasteiger partial charge in [0, 0.05) is 0 Å². The van der Waals surface area contributed by atoms with E-state index in [1.54, 1.807) is 0 Å². The van der Waals surface area contributed by atoms with Gasteiger partial charge in [-0.3, -0.25) is 0 Å². The molecule has 1 aromatic carbocycles. The molecule has 0 unspecified atom stereocenters. The summed E-state index contributed by atoms with van der Waals surface area (Å²) in [5.41, 5.74) is -0.411. The molecule has 14 heavy (non-hydrogen) atoms. The zero-order valence-corrected chi connectivity index (χ0v) is 7.53. The molecule has 0 saturated carbocycles. The molecule has 0 bridgehead atoms. The van der Waals surface area contributed by atoms with Crippen molar-refractivity contribution in [3.8, 4) is 11.5 Å². The topological polar surface area (TPSA) is 18.5 Å². The largest absolute Gasteiger partial charge is 0.494 e. The van der Waals surface area contributed by atoms with Crippen molar-refractivity contribution >= 4 is 13.3 Å². The summed E-state index contributed by atoms with van der Waals surface area (Å²) in [6.07, 6.45) is 0. The van der Waals surface area contributed by atoms with E-state index in [0.717, 1.165) is 14.2 Å². The second kappa shape index (κ2) is 3.81. The molecule has 0 aliphatic heterocycles. The summed E-state index contributed by atoms with van der Waals surface area (Å²) < 4.78 is 47.7. The van der Waals surface area contributed by atoms with Gasteiger partial charge in [0.15, 0.2) is 11.5 Å². The van der Waals surface area contributed by atoms with Gasteiger partial charge in [-0.2, -0.15) is 8.78 Å². The van der Waals surface area contributed by atoms with Crippen molar-refractivity contribution in [2.75, 3.05) is 14.2 Å². The molecular formula is C8H6BF3O2. The minimum absolute atomic E-state index is 0.411. The van der Waals surface area contributed by atoms with Gasteiger partial charge in [0.25, 0.3) is 0 Å². The first-order valence-electron chi connectivity index (χ1n) is 3.58. The second-order valence-corrected chi connectivity index (χ2v) is 2.42. The molecule has 0 aliphatic rings. The van der Waals surface area contributed by atoms with Crippen LogP contribution in [0.2, 0.25) is 0 Å². The van der Waals surface area contributed by atoms with Crippen LogP contribution >= 0.6 is 0 Å². The maximum atomic E-state index is 13.0. The van der Waals surface area contributed by atoms with E-state index in [-0.39, 0.29) is 0 Å². The van der Waals surface area contributed by atoms with Gasteiger partial charge in [0.05, 0.1) is 14.2 Å². The Balaban J connectivity index is 3.56. The van der Waals surface area contributed by atoms with Crippen molar-refractivity contribution < 1.29 is 22.6 Å². The van der Waals surface area contributed by atoms with Crippen LogP contribution in [0.3, 0.4) is 0 Å². The van der Waals surface area contributed by atoms with Gasteiger partial charge in [0.1, 0.15) is 7.85 Å². The van der Waals surface area contributed by atoms with E-state index in [1.165, 1.54) is 0 Å². The highest BCUT2D eigenvalue weighted by molar-refractivity contribution is 6.36. The summed E-state index contributed by atoms with van der Waals surface area (Å²) in [4.78, 5) is 0. The van der Waals surface area contributed by atoms with Crippen LogP contribution < -0.4 is 14.9 Å². The van der Waals surface area contributed by atoms with Gasteiger partial charge in [-0.25, -0.2) is 4.39 Å². The van der Waals surface area contributed by atoms with Crippen molar-refractivity contribution in [3.05, 3.63) is 17.5 Å². The van der Waals surface area contributed by atoms with Gasteiger partial charge in [0.2, 0.25) is 17.5 Å². The lowest BCUT2D eigenvalue weighted by molar-refractivity contribution is 0.336. The molecule has 6 heteroatoms. The first-order valence-corrected chi connectivity index (χ1v) is 3.58. The number of ether oxygens (including phenoxy) is 2. The molecule has 0 saturated heterocycles. The van der Waals surface area contributed by atoms with Gasteiger partial charge in [-0.15, -0.1) is 0 Å². The van der Waals surface area contributed by atoms with Crippen molar-refractivity contribution in [1.82, 2.24) is 0 Å². The van der Waals surface area contributed by atoms with Crippen LogP contribution in [-0.2, 0) is 0 Å². The minimum Gasteiger partial charge on any atom is -0.494 e. The quantitative estimate of drug-likeness (QED) is 0.524. The highest BCUT2D eigenvalue weighted by Crippen LogP contribution is 2.26. The Bertz CT molecular complexity index is 337. The van der Waals surface area contributed by atoms with E-state index < -0.39 is 34.4 Å². The normalized spacial score (nSPS) is 10.1. The van der Waals surface area contributed by atoms with Crippen LogP contribution in [0.1, 0.15) is 0 Å². The third-order valence-electron chi connectivity index (χ3n) is 1.68. The average molecular weight is 202 g/mol. The fourth-order valence-corrected chi connectivity index (χ4v) is 1.03. The van der Waals surface area contributed by atoms with Crippen LogP contribution in [0.4, 0.5) is 13.2 Å². The summed E-state index contributed by atoms with van der Waals surface area (Å²) in [7, 11) is 7.46. The fourth-order valence-electron chi connectivity index (χ4n) is 1.03. The first-order chi connectivity index (χ1) is 6.54. The van der Waals surface area contributed by atoms with E-state index in [4.69, 9.17) is 7.85 Å². The van der Waals surface area contributed by atoms with E-state index in [0.29, 0.717) is 0 Å². The molecule has 2 radical (unpaired) electrons. The molecule has 74 valence electrons. The number of rotatable bonds is 2. The predicted molar refractivity (Wildman–Crippen MR) is 44.8 cm³/mol. The number of hydrogen-bond acceptors (Lipinski definition) is 2. The minimum atomic E-state index is -1.67. The van der Waals surface area contributed by atoms with Gasteiger partial charge < -0.3 is 9.47 Å². The lowest BCUT2D eigenvalue weighted by Crippen LogP contribution is -2.17. The molecular weight excluding hydrogens is 196 g/mol.